The van der Waals surface area contributed by atoms with E-state index in [0.29, 0.717) is 0 Å². The summed E-state index contributed by atoms with van der Waals surface area (Å²) in [4.78, 5) is 6.05. The lowest BCUT2D eigenvalue weighted by Gasteiger charge is -1.96. The van der Waals surface area contributed by atoms with Crippen LogP contribution in [0.5, 0.6) is 0 Å². The number of aromatic nitrogens is 1. The van der Waals surface area contributed by atoms with Crippen LogP contribution in [-0.4, -0.2) is 4.98 Å². The molecule has 0 aliphatic heterocycles. The first-order valence-electron chi connectivity index (χ1n) is 7.38. The van der Waals surface area contributed by atoms with Gasteiger partial charge in [-0.3, -0.25) is 0 Å². The van der Waals surface area contributed by atoms with Crippen molar-refractivity contribution in [2.24, 2.45) is 0 Å². The molecule has 0 spiro atoms. The van der Waals surface area contributed by atoms with Gasteiger partial charge in [0.1, 0.15) is 5.58 Å². The van der Waals surface area contributed by atoms with Crippen LogP contribution >= 0.6 is 11.3 Å². The predicted molar refractivity (Wildman–Crippen MR) is 93.5 cm³/mol. The van der Waals surface area contributed by atoms with E-state index in [4.69, 9.17) is 4.42 Å². The van der Waals surface area contributed by atoms with Crippen LogP contribution in [0.15, 0.2) is 46.9 Å². The number of aromatic amines is 1. The number of hydrogen-bond donors (Lipinski definition) is 1. The molecule has 4 rings (SSSR count). The Morgan fingerprint density at radius 2 is 1.64 bits per heavy atom. The van der Waals surface area contributed by atoms with Crippen molar-refractivity contribution >= 4 is 22.3 Å². The number of benzene rings is 1. The Labute approximate surface area is 133 Å². The molecule has 22 heavy (non-hydrogen) atoms. The molecule has 0 saturated carbocycles. The van der Waals surface area contributed by atoms with Gasteiger partial charge in [-0.1, -0.05) is 12.1 Å². The Kier molecular flexibility index (Phi) is 2.98. The highest BCUT2D eigenvalue weighted by Crippen LogP contribution is 2.34. The van der Waals surface area contributed by atoms with Gasteiger partial charge in [0.2, 0.25) is 0 Å². The van der Waals surface area contributed by atoms with E-state index in [1.807, 2.05) is 0 Å². The molecule has 0 fully saturated rings. The summed E-state index contributed by atoms with van der Waals surface area (Å²) in [6.45, 7) is 6.34. The minimum atomic E-state index is 0.895. The lowest BCUT2D eigenvalue weighted by molar-refractivity contribution is 0.626. The molecule has 3 aromatic heterocycles. The van der Waals surface area contributed by atoms with Gasteiger partial charge in [0.25, 0.3) is 0 Å². The second-order valence-electron chi connectivity index (χ2n) is 5.75. The Morgan fingerprint density at radius 3 is 2.36 bits per heavy atom. The zero-order chi connectivity index (χ0) is 15.3. The van der Waals surface area contributed by atoms with Crippen LogP contribution in [-0.2, 0) is 0 Å². The summed E-state index contributed by atoms with van der Waals surface area (Å²) in [5.41, 5.74) is 5.57. The summed E-state index contributed by atoms with van der Waals surface area (Å²) < 4.78 is 6.09. The highest BCUT2D eigenvalue weighted by Gasteiger charge is 2.12. The van der Waals surface area contributed by atoms with Crippen LogP contribution in [0.3, 0.4) is 0 Å². The standard InChI is InChI=1S/C19H17NOS/c1-11-4-5-12(2)19-14(11)10-17(21-19)15-7-8-16(20-15)18-9-6-13(3)22-18/h4-10,20H,1-3H3. The molecular formula is C19H17NOS. The maximum absolute atomic E-state index is 6.09. The van der Waals surface area contributed by atoms with Gasteiger partial charge in [-0.05, 0) is 62.2 Å². The molecule has 1 N–H and O–H groups in total. The van der Waals surface area contributed by atoms with Crippen molar-refractivity contribution in [3.05, 3.63) is 58.5 Å². The molecule has 0 amide bonds. The molecule has 3 heterocycles. The fourth-order valence-corrected chi connectivity index (χ4v) is 3.63. The van der Waals surface area contributed by atoms with Gasteiger partial charge in [0.15, 0.2) is 5.76 Å². The predicted octanol–water partition coefficient (Wildman–Crippen LogP) is 6.08. The van der Waals surface area contributed by atoms with E-state index in [-0.39, 0.29) is 0 Å². The highest BCUT2D eigenvalue weighted by molar-refractivity contribution is 7.15. The lowest BCUT2D eigenvalue weighted by Crippen LogP contribution is -1.76. The Hall–Kier alpha value is -2.26. The van der Waals surface area contributed by atoms with Gasteiger partial charge >= 0.3 is 0 Å². The molecule has 0 saturated heterocycles. The monoisotopic (exact) mass is 307 g/mol. The zero-order valence-electron chi connectivity index (χ0n) is 12.9. The largest absolute Gasteiger partial charge is 0.454 e. The fraction of sp³-hybridized carbons (Fsp3) is 0.158. The average Bonchev–Trinajstić information content (AvgIpc) is 3.20. The van der Waals surface area contributed by atoms with Gasteiger partial charge in [0.05, 0.1) is 16.3 Å². The van der Waals surface area contributed by atoms with Gasteiger partial charge in [-0.2, -0.15) is 0 Å². The summed E-state index contributed by atoms with van der Waals surface area (Å²) in [5, 5.41) is 1.19. The first-order chi connectivity index (χ1) is 10.6. The second kappa shape index (κ2) is 4.89. The molecule has 0 bridgehead atoms. The maximum Gasteiger partial charge on any atom is 0.151 e. The molecule has 2 nitrogen and oxygen atoms in total. The number of aryl methyl sites for hydroxylation is 3. The number of hydrogen-bond acceptors (Lipinski definition) is 2. The first-order valence-corrected chi connectivity index (χ1v) is 8.19. The highest BCUT2D eigenvalue weighted by atomic mass is 32.1. The normalized spacial score (nSPS) is 11.4. The van der Waals surface area contributed by atoms with Crippen molar-refractivity contribution in [3.8, 4) is 22.0 Å². The maximum atomic E-state index is 6.09. The van der Waals surface area contributed by atoms with Gasteiger partial charge in [0, 0.05) is 10.3 Å². The molecule has 0 radical (unpaired) electrons. The summed E-state index contributed by atoms with van der Waals surface area (Å²) >= 11 is 1.80. The topological polar surface area (TPSA) is 28.9 Å². The van der Waals surface area contributed by atoms with Gasteiger partial charge in [-0.15, -0.1) is 11.3 Å². The van der Waals surface area contributed by atoms with Crippen LogP contribution in [0.4, 0.5) is 0 Å². The third kappa shape index (κ3) is 2.09. The smallest absolute Gasteiger partial charge is 0.151 e. The van der Waals surface area contributed by atoms with Crippen molar-refractivity contribution in [2.45, 2.75) is 20.8 Å². The first kappa shape index (κ1) is 13.4. The molecule has 0 atom stereocenters. The fourth-order valence-electron chi connectivity index (χ4n) is 2.79. The number of fused-ring (bicyclic) bond motifs is 1. The van der Waals surface area contributed by atoms with Crippen LogP contribution in [0.2, 0.25) is 0 Å². The molecule has 0 aliphatic carbocycles. The molecular weight excluding hydrogens is 290 g/mol. The van der Waals surface area contributed by atoms with E-state index < -0.39 is 0 Å². The summed E-state index contributed by atoms with van der Waals surface area (Å²) in [6, 6.07) is 14.9. The second-order valence-corrected chi connectivity index (χ2v) is 7.04. The minimum absolute atomic E-state index is 0.895. The van der Waals surface area contributed by atoms with Crippen molar-refractivity contribution in [1.82, 2.24) is 4.98 Å². The number of nitrogens with one attached hydrogen (secondary N) is 1. The Balaban J connectivity index is 1.81. The number of thiophene rings is 1. The molecule has 0 aliphatic rings. The third-order valence-corrected chi connectivity index (χ3v) is 5.09. The Bertz CT molecular complexity index is 932. The van der Waals surface area contributed by atoms with E-state index in [9.17, 15) is 0 Å². The van der Waals surface area contributed by atoms with E-state index >= 15 is 0 Å². The summed E-state index contributed by atoms with van der Waals surface area (Å²) in [6.07, 6.45) is 0. The van der Waals surface area contributed by atoms with Crippen molar-refractivity contribution in [2.75, 3.05) is 0 Å². The van der Waals surface area contributed by atoms with Crippen LogP contribution in [0.1, 0.15) is 16.0 Å². The SMILES string of the molecule is Cc1ccc(-c2ccc(-c3cc4c(C)ccc(C)c4o3)[nH]2)s1. The Morgan fingerprint density at radius 1 is 0.864 bits per heavy atom. The lowest BCUT2D eigenvalue weighted by atomic mass is 10.1. The van der Waals surface area contributed by atoms with Crippen LogP contribution in [0.25, 0.3) is 33.0 Å². The average molecular weight is 307 g/mol. The molecule has 4 aromatic rings. The van der Waals surface area contributed by atoms with Crippen molar-refractivity contribution < 1.29 is 4.42 Å². The van der Waals surface area contributed by atoms with Gasteiger partial charge < -0.3 is 9.40 Å². The van der Waals surface area contributed by atoms with Crippen LogP contribution < -0.4 is 0 Å². The van der Waals surface area contributed by atoms with E-state index in [1.54, 1.807) is 11.3 Å². The summed E-state index contributed by atoms with van der Waals surface area (Å²) in [5.74, 6) is 0.895. The van der Waals surface area contributed by atoms with E-state index in [0.717, 1.165) is 22.7 Å². The van der Waals surface area contributed by atoms with Crippen LogP contribution in [0, 0.1) is 20.8 Å². The van der Waals surface area contributed by atoms with Crippen molar-refractivity contribution in [3.63, 3.8) is 0 Å². The number of H-pyrrole nitrogens is 1. The van der Waals surface area contributed by atoms with E-state index in [2.05, 4.69) is 68.2 Å². The molecule has 3 heteroatoms. The number of furan rings is 1. The minimum Gasteiger partial charge on any atom is -0.454 e. The zero-order valence-corrected chi connectivity index (χ0v) is 13.7. The summed E-state index contributed by atoms with van der Waals surface area (Å²) in [7, 11) is 0. The van der Waals surface area contributed by atoms with Gasteiger partial charge in [-0.25, -0.2) is 0 Å². The third-order valence-electron chi connectivity index (χ3n) is 4.06. The van der Waals surface area contributed by atoms with Crippen molar-refractivity contribution in [1.29, 1.82) is 0 Å². The molecule has 1 aromatic carbocycles. The quantitative estimate of drug-likeness (QED) is 0.477. The number of rotatable bonds is 2. The van der Waals surface area contributed by atoms with E-state index in [1.165, 1.54) is 26.3 Å². The molecule has 0 unspecified atom stereocenters. The molecule has 110 valence electrons.